The van der Waals surface area contributed by atoms with Gasteiger partial charge in [0.15, 0.2) is 0 Å². The Morgan fingerprint density at radius 3 is 2.57 bits per heavy atom. The van der Waals surface area contributed by atoms with Gasteiger partial charge in [0.25, 0.3) is 0 Å². The largest absolute Gasteiger partial charge is 0.438 e. The van der Waals surface area contributed by atoms with Crippen LogP contribution in [0.5, 0.6) is 0 Å². The summed E-state index contributed by atoms with van der Waals surface area (Å²) in [5.41, 5.74) is 12.6. The minimum Gasteiger partial charge on any atom is -0.438 e. The summed E-state index contributed by atoms with van der Waals surface area (Å²) < 4.78 is 5.99. The molecule has 3 aromatic rings. The smallest absolute Gasteiger partial charge is 0.229 e. The molecule has 0 saturated carbocycles. The first-order chi connectivity index (χ1) is 10.7. The van der Waals surface area contributed by atoms with Crippen molar-refractivity contribution in [1.82, 2.24) is 4.98 Å². The number of hydrogen-bond acceptors (Lipinski definition) is 3. The van der Waals surface area contributed by atoms with Gasteiger partial charge in [0.05, 0.1) is 5.39 Å². The molecular weight excluding hydrogens is 308 g/mol. The topological polar surface area (TPSA) is 52.0 Å². The monoisotopic (exact) mass is 328 g/mol. The van der Waals surface area contributed by atoms with Gasteiger partial charge in [-0.05, 0) is 44.2 Å². The molecule has 3 nitrogen and oxygen atoms in total. The average Bonchev–Trinajstić information content (AvgIpc) is 2.80. The lowest BCUT2D eigenvalue weighted by Crippen LogP contribution is -2.01. The van der Waals surface area contributed by atoms with Gasteiger partial charge in [0.2, 0.25) is 5.71 Å². The van der Waals surface area contributed by atoms with Crippen molar-refractivity contribution in [2.75, 3.05) is 5.73 Å². The van der Waals surface area contributed by atoms with Crippen molar-refractivity contribution >= 4 is 29.2 Å². The number of hydrogen-bond donors (Lipinski definition) is 1. The second-order valence-electron chi connectivity index (χ2n) is 6.21. The van der Waals surface area contributed by atoms with Crippen molar-refractivity contribution in [2.24, 2.45) is 0 Å². The highest BCUT2D eigenvalue weighted by Crippen LogP contribution is 2.35. The van der Waals surface area contributed by atoms with Gasteiger partial charge in [0, 0.05) is 16.9 Å². The summed E-state index contributed by atoms with van der Waals surface area (Å²) in [7, 11) is 0. The standard InChI is InChI=1S/C19H20N2O.ClH/c1-12-7-9-13(10-8-12)17-11-15-18(20)14-5-3-2-4-6-16(14)21-19(15)22-17;/h7-11H,2-6H2,1H3,(H2,20,21);1H. The summed E-state index contributed by atoms with van der Waals surface area (Å²) in [6.07, 6.45) is 5.69. The molecule has 1 aliphatic carbocycles. The van der Waals surface area contributed by atoms with E-state index in [1.165, 1.54) is 30.4 Å². The van der Waals surface area contributed by atoms with E-state index in [0.29, 0.717) is 5.71 Å². The van der Waals surface area contributed by atoms with Gasteiger partial charge in [-0.3, -0.25) is 0 Å². The van der Waals surface area contributed by atoms with E-state index in [0.717, 1.165) is 40.9 Å². The Kier molecular flexibility index (Phi) is 4.31. The van der Waals surface area contributed by atoms with Gasteiger partial charge in [-0.1, -0.05) is 36.2 Å². The Balaban J connectivity index is 0.00000156. The van der Waals surface area contributed by atoms with Gasteiger partial charge >= 0.3 is 0 Å². The summed E-state index contributed by atoms with van der Waals surface area (Å²) >= 11 is 0. The quantitative estimate of drug-likeness (QED) is 0.634. The van der Waals surface area contributed by atoms with Gasteiger partial charge in [-0.15, -0.1) is 12.4 Å². The second-order valence-corrected chi connectivity index (χ2v) is 6.21. The molecule has 2 N–H and O–H groups in total. The zero-order valence-electron chi connectivity index (χ0n) is 13.3. The Morgan fingerprint density at radius 1 is 1.04 bits per heavy atom. The van der Waals surface area contributed by atoms with Gasteiger partial charge in [-0.25, -0.2) is 4.98 Å². The first-order valence-corrected chi connectivity index (χ1v) is 8.00. The highest BCUT2D eigenvalue weighted by molar-refractivity contribution is 5.92. The SMILES string of the molecule is Cc1ccc(-c2cc3c(N)c4c(nc3o2)CCCCC4)cc1.Cl. The lowest BCUT2D eigenvalue weighted by Gasteiger charge is -2.08. The number of nitrogens with two attached hydrogens (primary N) is 1. The summed E-state index contributed by atoms with van der Waals surface area (Å²) in [5, 5.41) is 0.955. The van der Waals surface area contributed by atoms with Crippen LogP contribution in [-0.2, 0) is 12.8 Å². The number of halogens is 1. The fourth-order valence-corrected chi connectivity index (χ4v) is 3.28. The predicted molar refractivity (Wildman–Crippen MR) is 97.1 cm³/mol. The highest BCUT2D eigenvalue weighted by Gasteiger charge is 2.18. The molecule has 1 aliphatic rings. The van der Waals surface area contributed by atoms with Crippen LogP contribution in [0, 0.1) is 6.92 Å². The zero-order valence-corrected chi connectivity index (χ0v) is 14.1. The van der Waals surface area contributed by atoms with Crippen LogP contribution in [0.1, 0.15) is 36.1 Å². The lowest BCUT2D eigenvalue weighted by atomic mass is 10.0. The van der Waals surface area contributed by atoms with Crippen molar-refractivity contribution in [3.63, 3.8) is 0 Å². The summed E-state index contributed by atoms with van der Waals surface area (Å²) in [4.78, 5) is 4.75. The van der Waals surface area contributed by atoms with Crippen LogP contribution in [0.2, 0.25) is 0 Å². The van der Waals surface area contributed by atoms with E-state index in [2.05, 4.69) is 31.2 Å². The van der Waals surface area contributed by atoms with Crippen LogP contribution in [0.15, 0.2) is 34.7 Å². The molecule has 0 bridgehead atoms. The molecule has 23 heavy (non-hydrogen) atoms. The fraction of sp³-hybridized carbons (Fsp3) is 0.316. The van der Waals surface area contributed by atoms with Crippen LogP contribution in [0.3, 0.4) is 0 Å². The number of fused-ring (bicyclic) bond motifs is 2. The van der Waals surface area contributed by atoms with E-state index in [-0.39, 0.29) is 12.4 Å². The molecule has 0 unspecified atom stereocenters. The van der Waals surface area contributed by atoms with Crippen molar-refractivity contribution < 1.29 is 4.42 Å². The molecule has 2 heterocycles. The maximum absolute atomic E-state index is 6.42. The van der Waals surface area contributed by atoms with Gasteiger partial charge in [0.1, 0.15) is 5.76 Å². The van der Waals surface area contributed by atoms with Crippen molar-refractivity contribution in [2.45, 2.75) is 39.0 Å². The third kappa shape index (κ3) is 2.81. The molecule has 120 valence electrons. The number of nitrogen functional groups attached to an aromatic ring is 1. The van der Waals surface area contributed by atoms with Crippen LogP contribution >= 0.6 is 12.4 Å². The first kappa shape index (κ1) is 15.9. The number of nitrogens with zero attached hydrogens (tertiary/aromatic N) is 1. The molecule has 0 atom stereocenters. The molecule has 0 fully saturated rings. The highest BCUT2D eigenvalue weighted by atomic mass is 35.5. The van der Waals surface area contributed by atoms with Crippen molar-refractivity contribution in [3.8, 4) is 11.3 Å². The Bertz CT molecular complexity index is 837. The zero-order chi connectivity index (χ0) is 15.1. The van der Waals surface area contributed by atoms with Crippen LogP contribution in [-0.4, -0.2) is 4.98 Å². The number of aromatic nitrogens is 1. The number of pyridine rings is 1. The van der Waals surface area contributed by atoms with E-state index >= 15 is 0 Å². The number of rotatable bonds is 1. The summed E-state index contributed by atoms with van der Waals surface area (Å²) in [6, 6.07) is 10.4. The first-order valence-electron chi connectivity index (χ1n) is 8.00. The van der Waals surface area contributed by atoms with E-state index < -0.39 is 0 Å². The summed E-state index contributed by atoms with van der Waals surface area (Å²) in [5.74, 6) is 0.842. The third-order valence-electron chi connectivity index (χ3n) is 4.59. The van der Waals surface area contributed by atoms with E-state index in [1.807, 2.05) is 6.07 Å². The molecule has 4 rings (SSSR count). The third-order valence-corrected chi connectivity index (χ3v) is 4.59. The predicted octanol–water partition coefficient (Wildman–Crippen LogP) is 5.08. The summed E-state index contributed by atoms with van der Waals surface area (Å²) in [6.45, 7) is 2.08. The number of furan rings is 1. The van der Waals surface area contributed by atoms with Crippen LogP contribution in [0.4, 0.5) is 5.69 Å². The molecule has 2 aromatic heterocycles. The molecule has 4 heteroatoms. The Labute approximate surface area is 142 Å². The molecule has 0 aliphatic heterocycles. The number of benzene rings is 1. The fourth-order valence-electron chi connectivity index (χ4n) is 3.28. The maximum Gasteiger partial charge on any atom is 0.229 e. The number of anilines is 1. The van der Waals surface area contributed by atoms with Crippen LogP contribution < -0.4 is 5.73 Å². The Morgan fingerprint density at radius 2 is 1.78 bits per heavy atom. The molecule has 0 saturated heterocycles. The van der Waals surface area contributed by atoms with E-state index in [9.17, 15) is 0 Å². The maximum atomic E-state index is 6.42. The second kappa shape index (κ2) is 6.25. The van der Waals surface area contributed by atoms with Crippen molar-refractivity contribution in [3.05, 3.63) is 47.2 Å². The molecule has 0 radical (unpaired) electrons. The minimum atomic E-state index is 0. The molecule has 0 amide bonds. The van der Waals surface area contributed by atoms with Crippen LogP contribution in [0.25, 0.3) is 22.4 Å². The van der Waals surface area contributed by atoms with E-state index in [4.69, 9.17) is 15.1 Å². The van der Waals surface area contributed by atoms with Gasteiger partial charge in [-0.2, -0.15) is 0 Å². The normalized spacial score (nSPS) is 14.1. The number of aryl methyl sites for hydroxylation is 2. The average molecular weight is 329 g/mol. The molecule has 1 aromatic carbocycles. The van der Waals surface area contributed by atoms with Gasteiger partial charge < -0.3 is 10.2 Å². The lowest BCUT2D eigenvalue weighted by molar-refractivity contribution is 0.615. The minimum absolute atomic E-state index is 0. The van der Waals surface area contributed by atoms with Crippen molar-refractivity contribution in [1.29, 1.82) is 0 Å². The van der Waals surface area contributed by atoms with E-state index in [1.54, 1.807) is 0 Å². The Hall–Kier alpha value is -2.00. The molecule has 0 spiro atoms. The molecular formula is C19H21ClN2O.